The first-order valence-electron chi connectivity index (χ1n) is 6.42. The summed E-state index contributed by atoms with van der Waals surface area (Å²) < 4.78 is 0. The number of likely N-dealkylation sites (N-methyl/N-ethyl adjacent to an activating group) is 1. The zero-order valence-corrected chi connectivity index (χ0v) is 11.1. The maximum Gasteiger partial charge on any atom is 0.0695 e. The lowest BCUT2D eigenvalue weighted by Gasteiger charge is -2.36. The number of hydrogen-bond acceptors (Lipinski definition) is 4. The van der Waals surface area contributed by atoms with Crippen molar-refractivity contribution in [2.45, 2.75) is 18.9 Å². The molecule has 2 fully saturated rings. The Morgan fingerprint density at radius 2 is 1.81 bits per heavy atom. The molecule has 1 unspecified atom stereocenters. The largest absolute Gasteiger partial charge is 0.392 e. The van der Waals surface area contributed by atoms with Gasteiger partial charge in [-0.15, -0.1) is 0 Å². The molecule has 0 spiro atoms. The Morgan fingerprint density at radius 1 is 1.19 bits per heavy atom. The van der Waals surface area contributed by atoms with Crippen molar-refractivity contribution in [3.8, 4) is 0 Å². The van der Waals surface area contributed by atoms with Crippen molar-refractivity contribution in [3.63, 3.8) is 0 Å². The minimum absolute atomic E-state index is 0.0932. The summed E-state index contributed by atoms with van der Waals surface area (Å²) in [5.41, 5.74) is 0. The fourth-order valence-corrected chi connectivity index (χ4v) is 3.69. The fourth-order valence-electron chi connectivity index (χ4n) is 2.54. The van der Waals surface area contributed by atoms with Gasteiger partial charge in [0.15, 0.2) is 0 Å². The van der Waals surface area contributed by atoms with Crippen LogP contribution >= 0.6 is 11.8 Å². The molecule has 2 heterocycles. The van der Waals surface area contributed by atoms with E-state index in [1.165, 1.54) is 24.3 Å². The van der Waals surface area contributed by atoms with Crippen LogP contribution in [0.4, 0.5) is 0 Å². The summed E-state index contributed by atoms with van der Waals surface area (Å²) >= 11 is 2.03. The zero-order valence-electron chi connectivity index (χ0n) is 10.3. The van der Waals surface area contributed by atoms with Gasteiger partial charge in [-0.25, -0.2) is 0 Å². The summed E-state index contributed by atoms with van der Waals surface area (Å²) in [6, 6.07) is 0. The Labute approximate surface area is 103 Å². The summed E-state index contributed by atoms with van der Waals surface area (Å²) in [6.45, 7) is 5.42. The molecule has 2 aliphatic rings. The predicted molar refractivity (Wildman–Crippen MR) is 70.0 cm³/mol. The number of rotatable bonds is 3. The Morgan fingerprint density at radius 3 is 2.44 bits per heavy atom. The van der Waals surface area contributed by atoms with Gasteiger partial charge < -0.3 is 10.0 Å². The van der Waals surface area contributed by atoms with Crippen LogP contribution in [0.2, 0.25) is 0 Å². The lowest BCUT2D eigenvalue weighted by Crippen LogP contribution is -2.48. The maximum absolute atomic E-state index is 10.2. The highest BCUT2D eigenvalue weighted by atomic mass is 32.2. The second-order valence-corrected chi connectivity index (χ2v) is 6.35. The standard InChI is InChI=1S/C12H24N2OS/c1-13-4-6-14(7-5-13)10-12(15)11-2-8-16-9-3-11/h11-12,15H,2-10H2,1H3. The highest BCUT2D eigenvalue weighted by Crippen LogP contribution is 2.25. The number of β-amino-alcohol motifs (C(OH)–C–C–N with tert-alkyl or cyclic N) is 1. The number of aliphatic hydroxyl groups is 1. The van der Waals surface area contributed by atoms with Crippen LogP contribution in [0.25, 0.3) is 0 Å². The van der Waals surface area contributed by atoms with Crippen LogP contribution in [0.1, 0.15) is 12.8 Å². The number of thioether (sulfide) groups is 1. The topological polar surface area (TPSA) is 26.7 Å². The van der Waals surface area contributed by atoms with Gasteiger partial charge >= 0.3 is 0 Å². The number of hydrogen-bond donors (Lipinski definition) is 1. The van der Waals surface area contributed by atoms with Crippen LogP contribution in [-0.4, -0.2) is 72.3 Å². The third-order valence-electron chi connectivity index (χ3n) is 3.85. The Kier molecular flexibility index (Phi) is 4.95. The number of nitrogens with zero attached hydrogens (tertiary/aromatic N) is 2. The van der Waals surface area contributed by atoms with Crippen LogP contribution in [-0.2, 0) is 0 Å². The van der Waals surface area contributed by atoms with E-state index in [-0.39, 0.29) is 6.10 Å². The van der Waals surface area contributed by atoms with Crippen LogP contribution in [0.15, 0.2) is 0 Å². The second-order valence-electron chi connectivity index (χ2n) is 5.12. The van der Waals surface area contributed by atoms with Gasteiger partial charge in [-0.1, -0.05) is 0 Å². The lowest BCUT2D eigenvalue weighted by molar-refractivity contribution is 0.0424. The quantitative estimate of drug-likeness (QED) is 0.792. The van der Waals surface area contributed by atoms with Crippen LogP contribution in [0, 0.1) is 5.92 Å². The van der Waals surface area contributed by atoms with Crippen LogP contribution in [0.5, 0.6) is 0 Å². The van der Waals surface area contributed by atoms with Gasteiger partial charge in [0.2, 0.25) is 0 Å². The maximum atomic E-state index is 10.2. The summed E-state index contributed by atoms with van der Waals surface area (Å²) in [5, 5.41) is 10.2. The summed E-state index contributed by atoms with van der Waals surface area (Å²) in [4.78, 5) is 4.78. The molecule has 0 aliphatic carbocycles. The molecule has 3 nitrogen and oxygen atoms in total. The molecule has 94 valence electrons. The average Bonchev–Trinajstić information content (AvgIpc) is 2.33. The molecule has 0 bridgehead atoms. The average molecular weight is 244 g/mol. The SMILES string of the molecule is CN1CCN(CC(O)C2CCSCC2)CC1. The minimum atomic E-state index is -0.0932. The third kappa shape index (κ3) is 3.62. The minimum Gasteiger partial charge on any atom is -0.392 e. The molecule has 0 aromatic rings. The van der Waals surface area contributed by atoms with E-state index in [0.29, 0.717) is 5.92 Å². The van der Waals surface area contributed by atoms with Crippen molar-refractivity contribution in [3.05, 3.63) is 0 Å². The molecule has 0 aromatic carbocycles. The van der Waals surface area contributed by atoms with E-state index in [1.54, 1.807) is 0 Å². The summed E-state index contributed by atoms with van der Waals surface area (Å²) in [6.07, 6.45) is 2.32. The number of piperazine rings is 1. The third-order valence-corrected chi connectivity index (χ3v) is 4.90. The van der Waals surface area contributed by atoms with E-state index in [9.17, 15) is 5.11 Å². The Balaban J connectivity index is 1.71. The van der Waals surface area contributed by atoms with Gasteiger partial charge in [0.1, 0.15) is 0 Å². The molecule has 0 amide bonds. The molecular formula is C12H24N2OS. The van der Waals surface area contributed by atoms with Crippen LogP contribution in [0.3, 0.4) is 0 Å². The molecule has 0 saturated carbocycles. The molecule has 2 saturated heterocycles. The van der Waals surface area contributed by atoms with E-state index in [1.807, 2.05) is 11.8 Å². The van der Waals surface area contributed by atoms with Gasteiger partial charge in [0.05, 0.1) is 6.10 Å². The molecule has 1 atom stereocenters. The molecule has 1 N–H and O–H groups in total. The van der Waals surface area contributed by atoms with Crippen molar-refractivity contribution in [1.82, 2.24) is 9.80 Å². The van der Waals surface area contributed by atoms with E-state index in [0.717, 1.165) is 32.7 Å². The second kappa shape index (κ2) is 6.24. The van der Waals surface area contributed by atoms with Crippen LogP contribution < -0.4 is 0 Å². The predicted octanol–water partition coefficient (Wildman–Crippen LogP) is 0.738. The zero-order chi connectivity index (χ0) is 11.4. The van der Waals surface area contributed by atoms with Crippen molar-refractivity contribution in [2.24, 2.45) is 5.92 Å². The summed E-state index contributed by atoms with van der Waals surface area (Å²) in [7, 11) is 2.17. The highest BCUT2D eigenvalue weighted by Gasteiger charge is 2.24. The first-order chi connectivity index (χ1) is 7.75. The normalized spacial score (nSPS) is 28.1. The highest BCUT2D eigenvalue weighted by molar-refractivity contribution is 7.99. The molecule has 0 radical (unpaired) electrons. The lowest BCUT2D eigenvalue weighted by atomic mass is 9.95. The first-order valence-corrected chi connectivity index (χ1v) is 7.58. The number of aliphatic hydroxyl groups excluding tert-OH is 1. The van der Waals surface area contributed by atoms with E-state index in [4.69, 9.17) is 0 Å². The van der Waals surface area contributed by atoms with Gasteiger partial charge in [-0.3, -0.25) is 4.90 Å². The smallest absolute Gasteiger partial charge is 0.0695 e. The fraction of sp³-hybridized carbons (Fsp3) is 1.00. The molecule has 2 rings (SSSR count). The van der Waals surface area contributed by atoms with Crippen molar-refractivity contribution < 1.29 is 5.11 Å². The molecule has 4 heteroatoms. The Bertz CT molecular complexity index is 201. The van der Waals surface area contributed by atoms with Crippen molar-refractivity contribution in [2.75, 3.05) is 51.3 Å². The first kappa shape index (κ1) is 12.7. The van der Waals surface area contributed by atoms with Gasteiger partial charge in [-0.05, 0) is 37.3 Å². The van der Waals surface area contributed by atoms with E-state index >= 15 is 0 Å². The Hall–Kier alpha value is 0.230. The monoisotopic (exact) mass is 244 g/mol. The summed E-state index contributed by atoms with van der Waals surface area (Å²) in [5.74, 6) is 3.04. The van der Waals surface area contributed by atoms with Crippen molar-refractivity contribution in [1.29, 1.82) is 0 Å². The molecule has 16 heavy (non-hydrogen) atoms. The molecule has 0 aromatic heterocycles. The van der Waals surface area contributed by atoms with E-state index in [2.05, 4.69) is 16.8 Å². The van der Waals surface area contributed by atoms with Gasteiger partial charge in [0, 0.05) is 32.7 Å². The molecular weight excluding hydrogens is 220 g/mol. The van der Waals surface area contributed by atoms with Gasteiger partial charge in [-0.2, -0.15) is 11.8 Å². The van der Waals surface area contributed by atoms with E-state index < -0.39 is 0 Å². The van der Waals surface area contributed by atoms with Gasteiger partial charge in [0.25, 0.3) is 0 Å². The van der Waals surface area contributed by atoms with Crippen molar-refractivity contribution >= 4 is 11.8 Å². The molecule has 2 aliphatic heterocycles.